The monoisotopic (exact) mass is 285 g/mol. The second kappa shape index (κ2) is 7.84. The molecule has 0 aromatic carbocycles. The molecule has 1 fully saturated rings. The standard InChI is InChI=1S/C13H23N3O4/c1-3-4-6-14-13(20)15-11(17)8-16-7-5-10(9(16)2)12(18)19/h9-10H,3-8H2,1-2H3,(H,18,19)(H2,14,15,17,20). The van der Waals surface area contributed by atoms with E-state index in [-0.39, 0.29) is 12.6 Å². The summed E-state index contributed by atoms with van der Waals surface area (Å²) in [6.45, 7) is 4.95. The molecule has 3 N–H and O–H groups in total. The van der Waals surface area contributed by atoms with Gasteiger partial charge in [0.05, 0.1) is 12.5 Å². The number of hydrogen-bond acceptors (Lipinski definition) is 4. The number of aliphatic carboxylic acids is 1. The third kappa shape index (κ3) is 4.80. The van der Waals surface area contributed by atoms with Gasteiger partial charge in [-0.1, -0.05) is 13.3 Å². The molecule has 7 heteroatoms. The lowest BCUT2D eigenvalue weighted by Crippen LogP contribution is -2.46. The topological polar surface area (TPSA) is 98.7 Å². The van der Waals surface area contributed by atoms with Crippen LogP contribution in [-0.2, 0) is 9.59 Å². The molecule has 0 spiro atoms. The number of nitrogens with one attached hydrogen (secondary N) is 2. The minimum absolute atomic E-state index is 0.0478. The SMILES string of the molecule is CCCCNC(=O)NC(=O)CN1CCC(C(=O)O)C1C. The molecule has 1 rings (SSSR count). The number of likely N-dealkylation sites (tertiary alicyclic amines) is 1. The minimum Gasteiger partial charge on any atom is -0.481 e. The summed E-state index contributed by atoms with van der Waals surface area (Å²) < 4.78 is 0. The van der Waals surface area contributed by atoms with Gasteiger partial charge in [-0.25, -0.2) is 4.79 Å². The molecule has 0 aliphatic carbocycles. The van der Waals surface area contributed by atoms with Gasteiger partial charge in [-0.3, -0.25) is 19.8 Å². The number of hydrogen-bond donors (Lipinski definition) is 3. The Balaban J connectivity index is 2.32. The highest BCUT2D eigenvalue weighted by atomic mass is 16.4. The maximum atomic E-state index is 11.7. The fourth-order valence-corrected chi connectivity index (χ4v) is 2.33. The van der Waals surface area contributed by atoms with Gasteiger partial charge in [-0.15, -0.1) is 0 Å². The molecule has 2 unspecified atom stereocenters. The van der Waals surface area contributed by atoms with Crippen LogP contribution >= 0.6 is 0 Å². The lowest BCUT2D eigenvalue weighted by molar-refractivity contribution is -0.142. The van der Waals surface area contributed by atoms with Gasteiger partial charge in [0.25, 0.3) is 0 Å². The molecule has 0 aromatic heterocycles. The van der Waals surface area contributed by atoms with Crippen molar-refractivity contribution in [3.63, 3.8) is 0 Å². The number of carbonyl (C=O) groups is 3. The molecule has 0 radical (unpaired) electrons. The Morgan fingerprint density at radius 1 is 1.35 bits per heavy atom. The zero-order valence-corrected chi connectivity index (χ0v) is 12.0. The molecule has 0 aromatic rings. The summed E-state index contributed by atoms with van der Waals surface area (Å²) in [6, 6.07) is -0.688. The van der Waals surface area contributed by atoms with E-state index in [2.05, 4.69) is 10.6 Å². The van der Waals surface area contributed by atoms with Gasteiger partial charge in [-0.2, -0.15) is 0 Å². The number of unbranched alkanes of at least 4 members (excludes halogenated alkanes) is 1. The molecule has 2 atom stereocenters. The molecule has 0 saturated carbocycles. The second-order valence-electron chi connectivity index (χ2n) is 5.10. The van der Waals surface area contributed by atoms with Gasteiger partial charge in [0, 0.05) is 12.6 Å². The lowest BCUT2D eigenvalue weighted by atomic mass is 10.0. The van der Waals surface area contributed by atoms with Crippen molar-refractivity contribution < 1.29 is 19.5 Å². The van der Waals surface area contributed by atoms with E-state index in [0.717, 1.165) is 12.8 Å². The van der Waals surface area contributed by atoms with E-state index in [1.807, 2.05) is 6.92 Å². The molecule has 1 aliphatic rings. The van der Waals surface area contributed by atoms with Crippen molar-refractivity contribution >= 4 is 17.9 Å². The van der Waals surface area contributed by atoms with Crippen molar-refractivity contribution in [1.82, 2.24) is 15.5 Å². The van der Waals surface area contributed by atoms with Crippen LogP contribution in [0.5, 0.6) is 0 Å². The van der Waals surface area contributed by atoms with Crippen molar-refractivity contribution in [2.45, 2.75) is 39.2 Å². The van der Waals surface area contributed by atoms with Crippen LogP contribution in [0.2, 0.25) is 0 Å². The van der Waals surface area contributed by atoms with Crippen molar-refractivity contribution in [3.05, 3.63) is 0 Å². The number of nitrogens with zero attached hydrogens (tertiary/aromatic N) is 1. The number of rotatable bonds is 6. The van der Waals surface area contributed by atoms with Gasteiger partial charge in [0.2, 0.25) is 5.91 Å². The first-order valence-corrected chi connectivity index (χ1v) is 7.00. The number of urea groups is 1. The second-order valence-corrected chi connectivity index (χ2v) is 5.10. The van der Waals surface area contributed by atoms with Crippen molar-refractivity contribution in [1.29, 1.82) is 0 Å². The van der Waals surface area contributed by atoms with Crippen molar-refractivity contribution in [2.75, 3.05) is 19.6 Å². The van der Waals surface area contributed by atoms with Crippen LogP contribution in [-0.4, -0.2) is 53.6 Å². The van der Waals surface area contributed by atoms with Crippen LogP contribution in [0.15, 0.2) is 0 Å². The van der Waals surface area contributed by atoms with E-state index < -0.39 is 23.8 Å². The predicted molar refractivity (Wildman–Crippen MR) is 73.2 cm³/mol. The van der Waals surface area contributed by atoms with Crippen molar-refractivity contribution in [3.8, 4) is 0 Å². The largest absolute Gasteiger partial charge is 0.481 e. The summed E-state index contributed by atoms with van der Waals surface area (Å²) in [6.07, 6.45) is 2.37. The van der Waals surface area contributed by atoms with E-state index in [9.17, 15) is 14.4 Å². The van der Waals surface area contributed by atoms with E-state index in [4.69, 9.17) is 5.11 Å². The smallest absolute Gasteiger partial charge is 0.321 e. The summed E-state index contributed by atoms with van der Waals surface area (Å²) in [5.41, 5.74) is 0. The van der Waals surface area contributed by atoms with Gasteiger partial charge in [0.15, 0.2) is 0 Å². The fraction of sp³-hybridized carbons (Fsp3) is 0.769. The maximum absolute atomic E-state index is 11.7. The van der Waals surface area contributed by atoms with Crippen LogP contribution in [0.3, 0.4) is 0 Å². The van der Waals surface area contributed by atoms with E-state index >= 15 is 0 Å². The van der Waals surface area contributed by atoms with Gasteiger partial charge < -0.3 is 10.4 Å². The van der Waals surface area contributed by atoms with E-state index in [1.165, 1.54) is 0 Å². The van der Waals surface area contributed by atoms with Crippen LogP contribution < -0.4 is 10.6 Å². The summed E-state index contributed by atoms with van der Waals surface area (Å²) >= 11 is 0. The van der Waals surface area contributed by atoms with Crippen molar-refractivity contribution in [2.24, 2.45) is 5.92 Å². The quantitative estimate of drug-likeness (QED) is 0.614. The molecule has 1 aliphatic heterocycles. The molecule has 3 amide bonds. The van der Waals surface area contributed by atoms with Gasteiger partial charge in [0.1, 0.15) is 0 Å². The molecule has 114 valence electrons. The normalized spacial score (nSPS) is 22.5. The zero-order chi connectivity index (χ0) is 15.1. The third-order valence-corrected chi connectivity index (χ3v) is 3.62. The zero-order valence-electron chi connectivity index (χ0n) is 12.0. The third-order valence-electron chi connectivity index (χ3n) is 3.62. The number of carbonyl (C=O) groups excluding carboxylic acids is 2. The van der Waals surface area contributed by atoms with Gasteiger partial charge in [-0.05, 0) is 26.3 Å². The minimum atomic E-state index is -0.835. The molecule has 7 nitrogen and oxygen atoms in total. The molecule has 1 heterocycles. The number of imide groups is 1. The Morgan fingerprint density at radius 2 is 2.05 bits per heavy atom. The number of amides is 3. The Morgan fingerprint density at radius 3 is 2.60 bits per heavy atom. The molecule has 20 heavy (non-hydrogen) atoms. The summed E-state index contributed by atoms with van der Waals surface area (Å²) in [4.78, 5) is 35.9. The fourth-order valence-electron chi connectivity index (χ4n) is 2.33. The van der Waals surface area contributed by atoms with Crippen LogP contribution in [0.25, 0.3) is 0 Å². The Bertz CT molecular complexity index is 373. The van der Waals surface area contributed by atoms with Crippen LogP contribution in [0, 0.1) is 5.92 Å². The average Bonchev–Trinajstić information content (AvgIpc) is 2.71. The highest BCUT2D eigenvalue weighted by Crippen LogP contribution is 2.23. The molecule has 1 saturated heterocycles. The van der Waals surface area contributed by atoms with Crippen LogP contribution in [0.4, 0.5) is 4.79 Å². The maximum Gasteiger partial charge on any atom is 0.321 e. The summed E-state index contributed by atoms with van der Waals surface area (Å²) in [5.74, 6) is -1.68. The number of carboxylic acid groups (broad SMARTS) is 1. The first kappa shape index (κ1) is 16.4. The lowest BCUT2D eigenvalue weighted by Gasteiger charge is -2.22. The highest BCUT2D eigenvalue weighted by molar-refractivity contribution is 5.95. The predicted octanol–water partition coefficient (Wildman–Crippen LogP) is 0.407. The molecular weight excluding hydrogens is 262 g/mol. The number of carboxylic acids is 1. The first-order chi connectivity index (χ1) is 9.45. The Kier molecular flexibility index (Phi) is 6.44. The average molecular weight is 285 g/mol. The first-order valence-electron chi connectivity index (χ1n) is 7.00. The van der Waals surface area contributed by atoms with Crippen LogP contribution in [0.1, 0.15) is 33.1 Å². The Labute approximate surface area is 118 Å². The molecular formula is C13H23N3O4. The Hall–Kier alpha value is -1.63. The highest BCUT2D eigenvalue weighted by Gasteiger charge is 2.36. The van der Waals surface area contributed by atoms with E-state index in [1.54, 1.807) is 11.8 Å². The summed E-state index contributed by atoms with van der Waals surface area (Å²) in [7, 11) is 0. The summed E-state index contributed by atoms with van der Waals surface area (Å²) in [5, 5.41) is 13.9. The van der Waals surface area contributed by atoms with Gasteiger partial charge >= 0.3 is 12.0 Å². The molecule has 0 bridgehead atoms. The van der Waals surface area contributed by atoms with E-state index in [0.29, 0.717) is 19.5 Å².